The number of likely N-dealkylation sites (tertiary alicyclic amines) is 1. The predicted octanol–water partition coefficient (Wildman–Crippen LogP) is 2.45. The minimum atomic E-state index is -4.57. The number of sulfonamides is 1. The predicted molar refractivity (Wildman–Crippen MR) is 86.7 cm³/mol. The minimum Gasteiger partial charge on any atom is -0.442 e. The summed E-state index contributed by atoms with van der Waals surface area (Å²) in [5, 5.41) is 5.01. The summed E-state index contributed by atoms with van der Waals surface area (Å²) < 4.78 is 70.4. The third-order valence-electron chi connectivity index (χ3n) is 4.07. The Morgan fingerprint density at radius 1 is 1.35 bits per heavy atom. The van der Waals surface area contributed by atoms with Crippen LogP contribution in [-0.2, 0) is 16.2 Å². The molecule has 2 N–H and O–H groups in total. The van der Waals surface area contributed by atoms with Crippen LogP contribution >= 0.6 is 0 Å². The summed E-state index contributed by atoms with van der Waals surface area (Å²) in [6.45, 7) is 4.22. The molecule has 2 aromatic rings. The van der Waals surface area contributed by atoms with Gasteiger partial charge in [0.05, 0.1) is 0 Å². The quantitative estimate of drug-likeness (QED) is 0.788. The van der Waals surface area contributed by atoms with Crippen LogP contribution in [0.4, 0.5) is 13.2 Å². The second kappa shape index (κ2) is 7.05. The summed E-state index contributed by atoms with van der Waals surface area (Å²) in [5.41, 5.74) is -1.16. The number of aromatic amines is 1. The highest BCUT2D eigenvalue weighted by molar-refractivity contribution is 7.89. The molecule has 1 saturated heterocycles. The third kappa shape index (κ3) is 4.27. The van der Waals surface area contributed by atoms with Gasteiger partial charge >= 0.3 is 6.18 Å². The van der Waals surface area contributed by atoms with E-state index in [0.29, 0.717) is 6.54 Å². The number of H-pyrrole nitrogens is 1. The molecule has 0 aromatic carbocycles. The Labute approximate surface area is 148 Å². The van der Waals surface area contributed by atoms with E-state index in [1.165, 1.54) is 12.1 Å². The summed E-state index contributed by atoms with van der Waals surface area (Å²) in [5.74, 6) is -0.0654. The molecule has 0 amide bonds. The van der Waals surface area contributed by atoms with Crippen molar-refractivity contribution in [3.63, 3.8) is 0 Å². The zero-order chi connectivity index (χ0) is 18.9. The number of aromatic nitrogens is 2. The van der Waals surface area contributed by atoms with E-state index in [0.717, 1.165) is 32.0 Å². The van der Waals surface area contributed by atoms with Crippen molar-refractivity contribution < 1.29 is 26.0 Å². The number of furan rings is 1. The van der Waals surface area contributed by atoms with Crippen molar-refractivity contribution in [2.24, 2.45) is 0 Å². The fraction of sp³-hybridized carbons (Fsp3) is 0.533. The van der Waals surface area contributed by atoms with E-state index >= 15 is 0 Å². The fourth-order valence-corrected chi connectivity index (χ4v) is 4.08. The molecule has 1 aliphatic rings. The van der Waals surface area contributed by atoms with Crippen LogP contribution in [0.2, 0.25) is 0 Å². The highest BCUT2D eigenvalue weighted by Crippen LogP contribution is 2.31. The second-order valence-corrected chi connectivity index (χ2v) is 7.96. The number of halogens is 3. The first kappa shape index (κ1) is 18.9. The largest absolute Gasteiger partial charge is 0.442 e. The van der Waals surface area contributed by atoms with Crippen LogP contribution < -0.4 is 4.72 Å². The summed E-state index contributed by atoms with van der Waals surface area (Å²) in [7, 11) is -3.91. The maximum absolute atomic E-state index is 12.6. The van der Waals surface area contributed by atoms with E-state index in [1.807, 2.05) is 5.10 Å². The molecule has 0 aliphatic carbocycles. The Morgan fingerprint density at radius 3 is 2.65 bits per heavy atom. The van der Waals surface area contributed by atoms with Gasteiger partial charge in [0.1, 0.15) is 11.4 Å². The van der Waals surface area contributed by atoms with Gasteiger partial charge in [-0.15, -0.1) is 0 Å². The Morgan fingerprint density at radius 2 is 2.04 bits per heavy atom. The Hall–Kier alpha value is -1.85. The number of alkyl halides is 3. The monoisotopic (exact) mass is 392 g/mol. The molecule has 11 heteroatoms. The first-order valence-electron chi connectivity index (χ1n) is 8.12. The number of nitrogens with zero attached hydrogens (tertiary/aromatic N) is 2. The van der Waals surface area contributed by atoms with Crippen LogP contribution in [0.3, 0.4) is 0 Å². The molecule has 1 fully saturated rings. The van der Waals surface area contributed by atoms with E-state index in [9.17, 15) is 21.6 Å². The maximum atomic E-state index is 12.6. The van der Waals surface area contributed by atoms with Crippen LogP contribution in [0.5, 0.6) is 0 Å². The lowest BCUT2D eigenvalue weighted by atomic mass is 10.3. The van der Waals surface area contributed by atoms with Gasteiger partial charge in [0, 0.05) is 12.6 Å². The minimum absolute atomic E-state index is 0.0654. The van der Waals surface area contributed by atoms with E-state index in [1.54, 1.807) is 6.92 Å². The van der Waals surface area contributed by atoms with Gasteiger partial charge in [-0.3, -0.25) is 5.10 Å². The highest BCUT2D eigenvalue weighted by atomic mass is 32.2. The SMILES string of the molecule is CC(CN1CCCC1)NS(=O)(=O)c1ccc(-c2cc(C(F)(F)F)[nH]n2)o1. The third-order valence-corrected chi connectivity index (χ3v) is 5.53. The zero-order valence-electron chi connectivity index (χ0n) is 14.0. The van der Waals surface area contributed by atoms with Gasteiger partial charge in [0.2, 0.25) is 5.09 Å². The average Bonchev–Trinajstić information content (AvgIpc) is 3.27. The fourth-order valence-electron chi connectivity index (χ4n) is 2.91. The smallest absolute Gasteiger partial charge is 0.432 e. The lowest BCUT2D eigenvalue weighted by Crippen LogP contribution is -2.40. The lowest BCUT2D eigenvalue weighted by Gasteiger charge is -2.20. The van der Waals surface area contributed by atoms with Crippen molar-refractivity contribution in [3.05, 3.63) is 23.9 Å². The number of hydrogen-bond donors (Lipinski definition) is 2. The Bertz CT molecular complexity index is 854. The molecule has 144 valence electrons. The van der Waals surface area contributed by atoms with Gasteiger partial charge in [0.25, 0.3) is 10.0 Å². The molecule has 3 rings (SSSR count). The van der Waals surface area contributed by atoms with E-state index in [2.05, 4.69) is 14.7 Å². The molecule has 0 saturated carbocycles. The Balaban J connectivity index is 1.70. The van der Waals surface area contributed by atoms with Crippen molar-refractivity contribution in [3.8, 4) is 11.5 Å². The standard InChI is InChI=1S/C15H19F3N4O3S/c1-10(9-22-6-2-3-7-22)21-26(23,24)14-5-4-12(25-14)11-8-13(20-19-11)15(16,17)18/h4-5,8,10,21H,2-3,6-7,9H2,1H3,(H,19,20). The summed E-state index contributed by atoms with van der Waals surface area (Å²) in [4.78, 5) is 2.17. The van der Waals surface area contributed by atoms with Crippen LogP contribution in [-0.4, -0.2) is 49.2 Å². The first-order chi connectivity index (χ1) is 12.1. The van der Waals surface area contributed by atoms with Crippen molar-refractivity contribution in [2.45, 2.75) is 37.1 Å². The van der Waals surface area contributed by atoms with E-state index in [4.69, 9.17) is 4.42 Å². The average molecular weight is 392 g/mol. The molecule has 26 heavy (non-hydrogen) atoms. The molecule has 3 heterocycles. The lowest BCUT2D eigenvalue weighted by molar-refractivity contribution is -0.141. The van der Waals surface area contributed by atoms with E-state index < -0.39 is 21.9 Å². The summed E-state index contributed by atoms with van der Waals surface area (Å²) >= 11 is 0. The van der Waals surface area contributed by atoms with Gasteiger partial charge in [0.15, 0.2) is 5.76 Å². The van der Waals surface area contributed by atoms with Crippen molar-refractivity contribution in [1.29, 1.82) is 0 Å². The summed E-state index contributed by atoms with van der Waals surface area (Å²) in [6, 6.07) is 2.91. The molecule has 0 bridgehead atoms. The summed E-state index contributed by atoms with van der Waals surface area (Å²) in [6.07, 6.45) is -2.37. The van der Waals surface area contributed by atoms with Gasteiger partial charge in [-0.05, 0) is 51.1 Å². The molecule has 0 spiro atoms. The molecule has 1 unspecified atom stereocenters. The first-order valence-corrected chi connectivity index (χ1v) is 9.61. The van der Waals surface area contributed by atoms with Gasteiger partial charge in [-0.1, -0.05) is 0 Å². The van der Waals surface area contributed by atoms with Crippen LogP contribution in [0.1, 0.15) is 25.5 Å². The van der Waals surface area contributed by atoms with Crippen molar-refractivity contribution in [1.82, 2.24) is 19.8 Å². The second-order valence-electron chi connectivity index (χ2n) is 6.31. The molecular formula is C15H19F3N4O3S. The molecule has 0 radical (unpaired) electrons. The molecule has 1 aliphatic heterocycles. The zero-order valence-corrected chi connectivity index (χ0v) is 14.8. The van der Waals surface area contributed by atoms with Crippen molar-refractivity contribution in [2.75, 3.05) is 19.6 Å². The topological polar surface area (TPSA) is 91.2 Å². The molecular weight excluding hydrogens is 373 g/mol. The molecule has 7 nitrogen and oxygen atoms in total. The van der Waals surface area contributed by atoms with Crippen LogP contribution in [0.25, 0.3) is 11.5 Å². The number of nitrogens with one attached hydrogen (secondary N) is 2. The highest BCUT2D eigenvalue weighted by Gasteiger charge is 2.33. The van der Waals surface area contributed by atoms with E-state index in [-0.39, 0.29) is 22.6 Å². The molecule has 1 atom stereocenters. The number of rotatable bonds is 6. The van der Waals surface area contributed by atoms with Crippen LogP contribution in [0, 0.1) is 0 Å². The van der Waals surface area contributed by atoms with Gasteiger partial charge in [-0.25, -0.2) is 13.1 Å². The molecule has 2 aromatic heterocycles. The normalized spacial score (nSPS) is 17.7. The van der Waals surface area contributed by atoms with Crippen molar-refractivity contribution >= 4 is 10.0 Å². The van der Waals surface area contributed by atoms with Crippen LogP contribution in [0.15, 0.2) is 27.7 Å². The Kier molecular flexibility index (Phi) is 5.13. The van der Waals surface area contributed by atoms with Gasteiger partial charge < -0.3 is 9.32 Å². The maximum Gasteiger partial charge on any atom is 0.432 e. The number of hydrogen-bond acceptors (Lipinski definition) is 5. The van der Waals surface area contributed by atoms with Gasteiger partial charge in [-0.2, -0.15) is 18.3 Å².